The van der Waals surface area contributed by atoms with Crippen molar-refractivity contribution in [2.75, 3.05) is 6.61 Å². The van der Waals surface area contributed by atoms with Crippen LogP contribution in [0.25, 0.3) is 10.2 Å². The third-order valence-corrected chi connectivity index (χ3v) is 3.63. The van der Waals surface area contributed by atoms with Gasteiger partial charge in [0.15, 0.2) is 3.95 Å². The van der Waals surface area contributed by atoms with Crippen LogP contribution in [0.15, 0.2) is 48.5 Å². The van der Waals surface area contributed by atoms with Gasteiger partial charge in [0, 0.05) is 0 Å². The third-order valence-electron chi connectivity index (χ3n) is 2.44. The summed E-state index contributed by atoms with van der Waals surface area (Å²) in [5.74, 6) is 0.725. The van der Waals surface area contributed by atoms with Crippen molar-refractivity contribution in [3.05, 3.63) is 58.3 Å². The second-order valence-electron chi connectivity index (χ2n) is 3.90. The number of rotatable bonds is 2. The van der Waals surface area contributed by atoms with E-state index in [1.807, 2.05) is 25.1 Å². The predicted molar refractivity (Wildman–Crippen MR) is 84.6 cm³/mol. The van der Waals surface area contributed by atoms with Gasteiger partial charge in [-0.05, 0) is 49.5 Å². The van der Waals surface area contributed by atoms with Gasteiger partial charge in [-0.3, -0.25) is 0 Å². The average molecular weight is 307 g/mol. The number of fused-ring (bicyclic) bond motifs is 1. The Kier molecular flexibility index (Phi) is 5.26. The van der Waals surface area contributed by atoms with Gasteiger partial charge in [0.25, 0.3) is 0 Å². The number of halogens is 1. The van der Waals surface area contributed by atoms with E-state index in [1.165, 1.54) is 12.1 Å². The molecule has 0 bridgehead atoms. The lowest BCUT2D eigenvalue weighted by atomic mass is 10.3. The number of hydrogen-bond donors (Lipinski definition) is 1. The van der Waals surface area contributed by atoms with Gasteiger partial charge in [-0.2, -0.15) is 0 Å². The van der Waals surface area contributed by atoms with Gasteiger partial charge in [0.2, 0.25) is 0 Å². The van der Waals surface area contributed by atoms with Crippen molar-refractivity contribution < 1.29 is 9.13 Å². The summed E-state index contributed by atoms with van der Waals surface area (Å²) in [6, 6.07) is 13.9. The van der Waals surface area contributed by atoms with E-state index in [2.05, 4.69) is 4.98 Å². The molecule has 104 valence electrons. The minimum Gasteiger partial charge on any atom is -0.494 e. The smallest absolute Gasteiger partial charge is 0.159 e. The fourth-order valence-corrected chi connectivity index (χ4v) is 2.74. The maximum absolute atomic E-state index is 11.9. The monoisotopic (exact) mass is 307 g/mol. The summed E-state index contributed by atoms with van der Waals surface area (Å²) in [5.41, 5.74) is 1.08. The van der Waals surface area contributed by atoms with Crippen LogP contribution in [0, 0.1) is 9.77 Å². The van der Waals surface area contributed by atoms with Gasteiger partial charge in [-0.1, -0.05) is 18.2 Å². The van der Waals surface area contributed by atoms with Gasteiger partial charge in [0.1, 0.15) is 11.6 Å². The number of benzene rings is 2. The molecule has 5 heteroatoms. The topological polar surface area (TPSA) is 25.0 Å². The van der Waals surface area contributed by atoms with Crippen molar-refractivity contribution in [2.45, 2.75) is 6.92 Å². The highest BCUT2D eigenvalue weighted by Gasteiger charge is 1.98. The minimum atomic E-state index is -0.178. The Morgan fingerprint density at radius 2 is 1.95 bits per heavy atom. The van der Waals surface area contributed by atoms with Crippen LogP contribution in [0.5, 0.6) is 5.75 Å². The van der Waals surface area contributed by atoms with Gasteiger partial charge >= 0.3 is 0 Å². The van der Waals surface area contributed by atoms with E-state index >= 15 is 0 Å². The number of H-pyrrole nitrogens is 1. The lowest BCUT2D eigenvalue weighted by Gasteiger charge is -2.00. The van der Waals surface area contributed by atoms with Crippen molar-refractivity contribution in [2.24, 2.45) is 0 Å². The molecule has 0 unspecified atom stereocenters. The molecule has 20 heavy (non-hydrogen) atoms. The van der Waals surface area contributed by atoms with Crippen LogP contribution in [0.4, 0.5) is 4.39 Å². The second kappa shape index (κ2) is 7.17. The molecule has 2 aromatic carbocycles. The van der Waals surface area contributed by atoms with Crippen LogP contribution in [0.2, 0.25) is 0 Å². The maximum atomic E-state index is 11.9. The Morgan fingerprint density at radius 1 is 1.20 bits per heavy atom. The van der Waals surface area contributed by atoms with Crippen LogP contribution < -0.4 is 4.74 Å². The summed E-state index contributed by atoms with van der Waals surface area (Å²) >= 11 is 6.61. The Balaban J connectivity index is 0.000000178. The van der Waals surface area contributed by atoms with E-state index in [-0.39, 0.29) is 5.82 Å². The number of hydrogen-bond acceptors (Lipinski definition) is 3. The van der Waals surface area contributed by atoms with E-state index in [0.29, 0.717) is 6.61 Å². The third kappa shape index (κ3) is 4.15. The highest BCUT2D eigenvalue weighted by molar-refractivity contribution is 7.73. The number of aromatic nitrogens is 1. The first-order valence-corrected chi connectivity index (χ1v) is 7.37. The summed E-state index contributed by atoms with van der Waals surface area (Å²) in [6.07, 6.45) is 0. The van der Waals surface area contributed by atoms with Crippen molar-refractivity contribution in [3.63, 3.8) is 0 Å². The Bertz CT molecular complexity index is 721. The molecule has 0 spiro atoms. The number of aromatic amines is 1. The van der Waals surface area contributed by atoms with Crippen molar-refractivity contribution >= 4 is 33.8 Å². The summed E-state index contributed by atoms with van der Waals surface area (Å²) in [6.45, 7) is 2.67. The zero-order valence-electron chi connectivity index (χ0n) is 10.9. The summed E-state index contributed by atoms with van der Waals surface area (Å²) in [4.78, 5) is 3.11. The number of ether oxygens (including phenoxy) is 1. The quantitative estimate of drug-likeness (QED) is 0.660. The molecule has 3 aromatic rings. The molecule has 0 aliphatic heterocycles. The van der Waals surface area contributed by atoms with Crippen molar-refractivity contribution in [1.29, 1.82) is 0 Å². The minimum absolute atomic E-state index is 0.178. The van der Waals surface area contributed by atoms with Crippen LogP contribution in [-0.2, 0) is 0 Å². The fraction of sp³-hybridized carbons (Fsp3) is 0.133. The molecule has 1 N–H and O–H groups in total. The molecule has 0 radical (unpaired) electrons. The largest absolute Gasteiger partial charge is 0.494 e. The second-order valence-corrected chi connectivity index (χ2v) is 5.62. The Labute approximate surface area is 125 Å². The normalized spacial score (nSPS) is 9.90. The summed E-state index contributed by atoms with van der Waals surface area (Å²) < 4.78 is 19.2. The standard InChI is InChI=1S/C9H9NOS2.C6H5F/c1-2-11-6-3-4-7-8(5-6)13-9(12)10-7;7-6-4-2-1-3-5-6/h3-5H,2H2,1H3,(H,10,12);1-5H. The lowest BCUT2D eigenvalue weighted by Crippen LogP contribution is -1.89. The van der Waals surface area contributed by atoms with Gasteiger partial charge in [-0.25, -0.2) is 4.39 Å². The van der Waals surface area contributed by atoms with E-state index in [9.17, 15) is 4.39 Å². The molecule has 1 aromatic heterocycles. The van der Waals surface area contributed by atoms with Crippen LogP contribution in [0.1, 0.15) is 6.92 Å². The van der Waals surface area contributed by atoms with E-state index in [1.54, 1.807) is 29.5 Å². The van der Waals surface area contributed by atoms with Gasteiger partial charge < -0.3 is 9.72 Å². The summed E-state index contributed by atoms with van der Waals surface area (Å²) in [5, 5.41) is 0. The molecule has 0 fully saturated rings. The first-order valence-electron chi connectivity index (χ1n) is 6.15. The zero-order valence-corrected chi connectivity index (χ0v) is 12.6. The number of nitrogens with one attached hydrogen (secondary N) is 1. The SMILES string of the molecule is CCOc1ccc2[nH]c(=S)sc2c1.Fc1ccccc1. The number of thiazole rings is 1. The summed E-state index contributed by atoms with van der Waals surface area (Å²) in [7, 11) is 0. The molecule has 0 saturated carbocycles. The molecular weight excluding hydrogens is 293 g/mol. The molecule has 0 amide bonds. The average Bonchev–Trinajstić information content (AvgIpc) is 2.80. The highest BCUT2D eigenvalue weighted by atomic mass is 32.1. The molecule has 3 rings (SSSR count). The highest BCUT2D eigenvalue weighted by Crippen LogP contribution is 2.24. The Hall–Kier alpha value is -1.72. The van der Waals surface area contributed by atoms with Crippen LogP contribution >= 0.6 is 23.6 Å². The molecular formula is C15H14FNOS2. The fourth-order valence-electron chi connectivity index (χ4n) is 1.60. The molecule has 0 aliphatic rings. The zero-order chi connectivity index (χ0) is 14.4. The maximum Gasteiger partial charge on any atom is 0.159 e. The van der Waals surface area contributed by atoms with Gasteiger partial charge in [0.05, 0.1) is 16.8 Å². The first kappa shape index (κ1) is 14.7. The van der Waals surface area contributed by atoms with E-state index in [0.717, 1.165) is 19.9 Å². The van der Waals surface area contributed by atoms with E-state index < -0.39 is 0 Å². The van der Waals surface area contributed by atoms with Crippen LogP contribution in [0.3, 0.4) is 0 Å². The molecule has 0 saturated heterocycles. The van der Waals surface area contributed by atoms with Crippen molar-refractivity contribution in [3.8, 4) is 5.75 Å². The molecule has 0 aliphatic carbocycles. The molecule has 1 heterocycles. The first-order chi connectivity index (χ1) is 9.69. The van der Waals surface area contributed by atoms with Crippen LogP contribution in [-0.4, -0.2) is 11.6 Å². The molecule has 2 nitrogen and oxygen atoms in total. The molecule has 0 atom stereocenters. The lowest BCUT2D eigenvalue weighted by molar-refractivity contribution is 0.341. The predicted octanol–water partition coefficient (Wildman–Crippen LogP) is 5.18. The van der Waals surface area contributed by atoms with Crippen molar-refractivity contribution in [1.82, 2.24) is 4.98 Å². The Morgan fingerprint density at radius 3 is 2.55 bits per heavy atom. The van der Waals surface area contributed by atoms with Gasteiger partial charge in [-0.15, -0.1) is 11.3 Å². The van der Waals surface area contributed by atoms with E-state index in [4.69, 9.17) is 17.0 Å².